The van der Waals surface area contributed by atoms with Crippen molar-refractivity contribution in [2.45, 2.75) is 17.9 Å². The van der Waals surface area contributed by atoms with E-state index in [2.05, 4.69) is 10.0 Å². The van der Waals surface area contributed by atoms with E-state index in [1.54, 1.807) is 0 Å². The molecule has 9 heteroatoms. The first kappa shape index (κ1) is 18.8. The van der Waals surface area contributed by atoms with Crippen molar-refractivity contribution < 1.29 is 26.7 Å². The molecule has 0 saturated carbocycles. The van der Waals surface area contributed by atoms with Crippen LogP contribution < -0.4 is 14.8 Å². The van der Waals surface area contributed by atoms with E-state index in [9.17, 15) is 22.0 Å². The first-order chi connectivity index (χ1) is 11.7. The Kier molecular flexibility index (Phi) is 5.70. The van der Waals surface area contributed by atoms with Crippen molar-refractivity contribution in [3.63, 3.8) is 0 Å². The molecule has 0 aromatic heterocycles. The number of rotatable bonds is 6. The van der Waals surface area contributed by atoms with Gasteiger partial charge in [0.15, 0.2) is 0 Å². The molecule has 0 fully saturated rings. The number of halogens is 2. The summed E-state index contributed by atoms with van der Waals surface area (Å²) in [6.07, 6.45) is 0. The number of hydrogen-bond donors (Lipinski definition) is 2. The van der Waals surface area contributed by atoms with Gasteiger partial charge in [0.05, 0.1) is 18.8 Å². The summed E-state index contributed by atoms with van der Waals surface area (Å²) in [7, 11) is -3.01. The molecule has 0 aliphatic heterocycles. The first-order valence-corrected chi connectivity index (χ1v) is 8.64. The lowest BCUT2D eigenvalue weighted by atomic mass is 10.2. The first-order valence-electron chi connectivity index (χ1n) is 7.16. The fourth-order valence-corrected chi connectivity index (χ4v) is 3.40. The van der Waals surface area contributed by atoms with E-state index < -0.39 is 38.5 Å². The number of hydrogen-bond acceptors (Lipinski definition) is 4. The Morgan fingerprint density at radius 3 is 2.48 bits per heavy atom. The third kappa shape index (κ3) is 4.52. The molecule has 1 atom stereocenters. The van der Waals surface area contributed by atoms with Gasteiger partial charge in [-0.1, -0.05) is 12.1 Å². The fraction of sp³-hybridized carbons (Fsp3) is 0.188. The molecule has 2 aromatic carbocycles. The number of benzene rings is 2. The van der Waals surface area contributed by atoms with Crippen LogP contribution in [0.1, 0.15) is 6.92 Å². The summed E-state index contributed by atoms with van der Waals surface area (Å²) in [5.74, 6) is -2.28. The molecule has 2 N–H and O–H groups in total. The Hall–Kier alpha value is -2.52. The monoisotopic (exact) mass is 370 g/mol. The Morgan fingerprint density at radius 2 is 1.84 bits per heavy atom. The number of carbonyl (C=O) groups excluding carboxylic acids is 1. The number of carbonyl (C=O) groups is 1. The number of nitrogens with one attached hydrogen (secondary N) is 2. The molecule has 0 bridgehead atoms. The molecule has 0 spiro atoms. The van der Waals surface area contributed by atoms with Crippen LogP contribution in [-0.4, -0.2) is 27.5 Å². The normalized spacial score (nSPS) is 12.5. The van der Waals surface area contributed by atoms with Gasteiger partial charge in [-0.25, -0.2) is 17.2 Å². The van der Waals surface area contributed by atoms with Gasteiger partial charge < -0.3 is 10.1 Å². The predicted octanol–water partition coefficient (Wildman–Crippen LogP) is 2.28. The average Bonchev–Trinajstić information content (AvgIpc) is 2.56. The summed E-state index contributed by atoms with van der Waals surface area (Å²) in [6.45, 7) is 1.28. The van der Waals surface area contributed by atoms with Crippen molar-refractivity contribution in [2.24, 2.45) is 0 Å². The number of methoxy groups -OCH3 is 1. The zero-order valence-corrected chi connectivity index (χ0v) is 14.2. The maximum atomic E-state index is 13.5. The van der Waals surface area contributed by atoms with E-state index in [4.69, 9.17) is 4.74 Å². The summed E-state index contributed by atoms with van der Waals surface area (Å²) < 4.78 is 58.7. The van der Waals surface area contributed by atoms with Crippen molar-refractivity contribution >= 4 is 21.6 Å². The van der Waals surface area contributed by atoms with Gasteiger partial charge in [-0.2, -0.15) is 4.72 Å². The van der Waals surface area contributed by atoms with Gasteiger partial charge in [0.1, 0.15) is 22.3 Å². The van der Waals surface area contributed by atoms with Crippen LogP contribution in [0.5, 0.6) is 5.75 Å². The number of amides is 1. The minimum Gasteiger partial charge on any atom is -0.495 e. The molecule has 0 radical (unpaired) electrons. The maximum Gasteiger partial charge on any atom is 0.245 e. The average molecular weight is 370 g/mol. The quantitative estimate of drug-likeness (QED) is 0.817. The smallest absolute Gasteiger partial charge is 0.245 e. The van der Waals surface area contributed by atoms with Gasteiger partial charge in [-0.15, -0.1) is 0 Å². The molecule has 1 unspecified atom stereocenters. The summed E-state index contributed by atoms with van der Waals surface area (Å²) in [6, 6.07) is 7.21. The molecular formula is C16H16F2N2O4S. The molecule has 0 aliphatic carbocycles. The van der Waals surface area contributed by atoms with Crippen LogP contribution in [0.25, 0.3) is 0 Å². The van der Waals surface area contributed by atoms with E-state index in [1.807, 2.05) is 0 Å². The summed E-state index contributed by atoms with van der Waals surface area (Å²) in [5, 5.41) is 2.28. The zero-order valence-electron chi connectivity index (χ0n) is 13.4. The highest BCUT2D eigenvalue weighted by molar-refractivity contribution is 7.89. The van der Waals surface area contributed by atoms with Crippen molar-refractivity contribution in [1.29, 1.82) is 0 Å². The van der Waals surface area contributed by atoms with Gasteiger partial charge in [0, 0.05) is 0 Å². The zero-order chi connectivity index (χ0) is 18.6. The van der Waals surface area contributed by atoms with Crippen LogP contribution in [0.3, 0.4) is 0 Å². The molecule has 2 aromatic rings. The molecule has 134 valence electrons. The Bertz CT molecular complexity index is 887. The molecule has 25 heavy (non-hydrogen) atoms. The standard InChI is InChI=1S/C16H16F2N2O4S/c1-10(16(21)19-13-6-4-3-5-12(13)18)20-25(22,23)15-9-11(17)7-8-14(15)24-2/h3-10,20H,1-2H3,(H,19,21). The van der Waals surface area contributed by atoms with E-state index in [0.717, 1.165) is 24.3 Å². The molecule has 0 aliphatic rings. The van der Waals surface area contributed by atoms with Crippen molar-refractivity contribution in [3.8, 4) is 5.75 Å². The van der Waals surface area contributed by atoms with E-state index in [1.165, 1.54) is 32.2 Å². The van der Waals surface area contributed by atoms with E-state index in [0.29, 0.717) is 0 Å². The lowest BCUT2D eigenvalue weighted by molar-refractivity contribution is -0.117. The van der Waals surface area contributed by atoms with Crippen LogP contribution >= 0.6 is 0 Å². The highest BCUT2D eigenvalue weighted by Gasteiger charge is 2.26. The summed E-state index contributed by atoms with van der Waals surface area (Å²) in [4.78, 5) is 11.6. The van der Waals surface area contributed by atoms with Crippen LogP contribution in [0.4, 0.5) is 14.5 Å². The van der Waals surface area contributed by atoms with Gasteiger partial charge in [-0.05, 0) is 37.3 Å². The fourth-order valence-electron chi connectivity index (χ4n) is 2.01. The second-order valence-corrected chi connectivity index (χ2v) is 6.79. The van der Waals surface area contributed by atoms with E-state index in [-0.39, 0.29) is 11.4 Å². The summed E-state index contributed by atoms with van der Waals surface area (Å²) >= 11 is 0. The van der Waals surface area contributed by atoms with Crippen LogP contribution in [0.2, 0.25) is 0 Å². The Morgan fingerprint density at radius 1 is 1.16 bits per heavy atom. The van der Waals surface area contributed by atoms with Crippen molar-refractivity contribution in [1.82, 2.24) is 4.72 Å². The lowest BCUT2D eigenvalue weighted by Gasteiger charge is -2.16. The SMILES string of the molecule is COc1ccc(F)cc1S(=O)(=O)NC(C)C(=O)Nc1ccccc1F. The molecular weight excluding hydrogens is 354 g/mol. The molecule has 6 nitrogen and oxygen atoms in total. The second-order valence-electron chi connectivity index (χ2n) is 5.11. The van der Waals surface area contributed by atoms with Crippen molar-refractivity contribution in [2.75, 3.05) is 12.4 Å². The number of para-hydroxylation sites is 1. The topological polar surface area (TPSA) is 84.5 Å². The largest absolute Gasteiger partial charge is 0.495 e. The van der Waals surface area contributed by atoms with Gasteiger partial charge in [0.2, 0.25) is 15.9 Å². The minimum atomic E-state index is -4.24. The highest BCUT2D eigenvalue weighted by Crippen LogP contribution is 2.24. The number of ether oxygens (including phenoxy) is 1. The molecule has 1 amide bonds. The second kappa shape index (κ2) is 7.58. The van der Waals surface area contributed by atoms with Crippen LogP contribution in [0.15, 0.2) is 47.4 Å². The summed E-state index contributed by atoms with van der Waals surface area (Å²) in [5.41, 5.74) is -0.0816. The van der Waals surface area contributed by atoms with Gasteiger partial charge >= 0.3 is 0 Å². The van der Waals surface area contributed by atoms with Crippen molar-refractivity contribution in [3.05, 3.63) is 54.1 Å². The van der Waals surface area contributed by atoms with E-state index >= 15 is 0 Å². The number of anilines is 1. The Labute approximate surface area is 143 Å². The third-order valence-electron chi connectivity index (χ3n) is 3.27. The molecule has 0 saturated heterocycles. The minimum absolute atomic E-state index is 0.0735. The molecule has 0 heterocycles. The third-order valence-corrected chi connectivity index (χ3v) is 4.83. The Balaban J connectivity index is 2.19. The van der Waals surface area contributed by atoms with Gasteiger partial charge in [-0.3, -0.25) is 4.79 Å². The number of sulfonamides is 1. The predicted molar refractivity (Wildman–Crippen MR) is 87.8 cm³/mol. The van der Waals surface area contributed by atoms with Gasteiger partial charge in [0.25, 0.3) is 0 Å². The highest BCUT2D eigenvalue weighted by atomic mass is 32.2. The van der Waals surface area contributed by atoms with Crippen LogP contribution in [-0.2, 0) is 14.8 Å². The lowest BCUT2D eigenvalue weighted by Crippen LogP contribution is -2.41. The maximum absolute atomic E-state index is 13.5. The van der Waals surface area contributed by atoms with Crippen LogP contribution in [0, 0.1) is 11.6 Å². The molecule has 2 rings (SSSR count).